The Labute approximate surface area is 214 Å². The van der Waals surface area contributed by atoms with Crippen molar-refractivity contribution < 1.29 is 8.42 Å². The SMILES string of the molecule is Cc1nc(C)c(Cn2c(=O)n(Cc3ccc(Cl)nc3)c(=O)c3cc(S(=O)(=O)NC4(C)CC4)sc32)s1. The number of nitrogens with zero attached hydrogens (tertiary/aromatic N) is 4. The first kappa shape index (κ1) is 24.3. The zero-order chi connectivity index (χ0) is 25.1. The molecule has 184 valence electrons. The fourth-order valence-corrected chi connectivity index (χ4v) is 7.74. The number of thiophene rings is 1. The molecule has 1 aliphatic carbocycles. The summed E-state index contributed by atoms with van der Waals surface area (Å²) >= 11 is 8.26. The van der Waals surface area contributed by atoms with Crippen LogP contribution in [-0.2, 0) is 23.1 Å². The van der Waals surface area contributed by atoms with Gasteiger partial charge in [-0.2, -0.15) is 0 Å². The fraction of sp³-hybridized carbons (Fsp3) is 0.364. The Balaban J connectivity index is 1.69. The highest BCUT2D eigenvalue weighted by Gasteiger charge is 2.41. The maximum absolute atomic E-state index is 13.6. The van der Waals surface area contributed by atoms with Gasteiger partial charge < -0.3 is 0 Å². The largest absolute Gasteiger partial charge is 0.332 e. The Morgan fingerprint density at radius 3 is 2.49 bits per heavy atom. The lowest BCUT2D eigenvalue weighted by Crippen LogP contribution is -2.40. The molecule has 0 unspecified atom stereocenters. The van der Waals surface area contributed by atoms with Crippen molar-refractivity contribution in [3.63, 3.8) is 0 Å². The Bertz CT molecular complexity index is 1680. The summed E-state index contributed by atoms with van der Waals surface area (Å²) in [5.74, 6) is 0. The van der Waals surface area contributed by atoms with Gasteiger partial charge >= 0.3 is 5.69 Å². The van der Waals surface area contributed by atoms with Gasteiger partial charge in [-0.1, -0.05) is 17.7 Å². The normalized spacial score (nSPS) is 15.1. The number of sulfonamides is 1. The number of hydrogen-bond acceptors (Lipinski definition) is 8. The van der Waals surface area contributed by atoms with Crippen molar-refractivity contribution in [2.45, 2.75) is 56.5 Å². The standard InChI is InChI=1S/C22H22ClN5O4S3/c1-12-16(33-13(2)25-12)11-28-20-15(8-18(34-20)35(31,32)26-22(3)6-7-22)19(29)27(21(28)30)10-14-4-5-17(23)24-9-14/h4-5,8-9,26H,6-7,10-11H2,1-3H3. The molecule has 4 aromatic rings. The van der Waals surface area contributed by atoms with E-state index in [0.717, 1.165) is 44.3 Å². The van der Waals surface area contributed by atoms with Crippen LogP contribution < -0.4 is 16.0 Å². The van der Waals surface area contributed by atoms with Crippen LogP contribution in [0.1, 0.15) is 40.9 Å². The average molecular weight is 552 g/mol. The lowest BCUT2D eigenvalue weighted by atomic mass is 10.3. The fourth-order valence-electron chi connectivity index (χ4n) is 3.80. The molecule has 1 aliphatic rings. The lowest BCUT2D eigenvalue weighted by Gasteiger charge is -2.12. The minimum atomic E-state index is -3.85. The van der Waals surface area contributed by atoms with Crippen LogP contribution in [0.15, 0.2) is 38.2 Å². The van der Waals surface area contributed by atoms with Crippen LogP contribution in [0.25, 0.3) is 10.2 Å². The topological polar surface area (TPSA) is 116 Å². The van der Waals surface area contributed by atoms with E-state index in [2.05, 4.69) is 14.7 Å². The zero-order valence-corrected chi connectivity index (χ0v) is 22.4. The van der Waals surface area contributed by atoms with E-state index in [4.69, 9.17) is 11.6 Å². The molecule has 0 amide bonds. The molecule has 0 spiro atoms. The van der Waals surface area contributed by atoms with Crippen molar-refractivity contribution in [2.75, 3.05) is 0 Å². The molecule has 0 aromatic carbocycles. The van der Waals surface area contributed by atoms with E-state index in [-0.39, 0.29) is 22.7 Å². The summed E-state index contributed by atoms with van der Waals surface area (Å²) in [7, 11) is -3.85. The number of pyridine rings is 1. The van der Waals surface area contributed by atoms with E-state index in [9.17, 15) is 18.0 Å². The van der Waals surface area contributed by atoms with E-state index in [1.807, 2.05) is 20.8 Å². The van der Waals surface area contributed by atoms with Crippen LogP contribution >= 0.6 is 34.3 Å². The molecule has 1 fully saturated rings. The van der Waals surface area contributed by atoms with E-state index >= 15 is 0 Å². The van der Waals surface area contributed by atoms with Gasteiger partial charge in [-0.25, -0.2) is 27.9 Å². The molecular weight excluding hydrogens is 530 g/mol. The number of nitrogens with one attached hydrogen (secondary N) is 1. The van der Waals surface area contributed by atoms with Crippen LogP contribution in [-0.4, -0.2) is 33.1 Å². The summed E-state index contributed by atoms with van der Waals surface area (Å²) in [6, 6.07) is 4.64. The predicted octanol–water partition coefficient (Wildman–Crippen LogP) is 3.27. The van der Waals surface area contributed by atoms with E-state index < -0.39 is 26.8 Å². The van der Waals surface area contributed by atoms with Crippen molar-refractivity contribution in [2.24, 2.45) is 0 Å². The van der Waals surface area contributed by atoms with E-state index in [0.29, 0.717) is 15.5 Å². The Kier molecular flexibility index (Phi) is 5.99. The first-order chi connectivity index (χ1) is 16.5. The monoisotopic (exact) mass is 551 g/mol. The quantitative estimate of drug-likeness (QED) is 0.352. The molecule has 0 radical (unpaired) electrons. The highest BCUT2D eigenvalue weighted by Crippen LogP contribution is 2.37. The van der Waals surface area contributed by atoms with Gasteiger partial charge in [-0.3, -0.25) is 13.9 Å². The van der Waals surface area contributed by atoms with Gasteiger partial charge in [0.2, 0.25) is 0 Å². The highest BCUT2D eigenvalue weighted by molar-refractivity contribution is 7.91. The maximum atomic E-state index is 13.6. The Morgan fingerprint density at radius 1 is 1.14 bits per heavy atom. The van der Waals surface area contributed by atoms with Crippen molar-refractivity contribution >= 4 is 54.5 Å². The number of aromatic nitrogens is 4. The molecule has 4 aromatic heterocycles. The summed E-state index contributed by atoms with van der Waals surface area (Å²) in [6.45, 7) is 5.74. The molecule has 13 heteroatoms. The van der Waals surface area contributed by atoms with Gasteiger partial charge in [-0.15, -0.1) is 22.7 Å². The molecule has 1 N–H and O–H groups in total. The smallest absolute Gasteiger partial charge is 0.279 e. The molecule has 0 aliphatic heterocycles. The lowest BCUT2D eigenvalue weighted by molar-refractivity contribution is 0.560. The second-order valence-electron chi connectivity index (χ2n) is 8.94. The van der Waals surface area contributed by atoms with Gasteiger partial charge in [0.05, 0.1) is 29.2 Å². The number of rotatable bonds is 7. The summed E-state index contributed by atoms with van der Waals surface area (Å²) in [6.07, 6.45) is 3.02. The minimum absolute atomic E-state index is 0.00833. The third-order valence-corrected chi connectivity index (χ3v) is 10.5. The van der Waals surface area contributed by atoms with Gasteiger partial charge in [0, 0.05) is 16.6 Å². The number of aryl methyl sites for hydroxylation is 2. The second-order valence-corrected chi connectivity index (χ2v) is 13.6. The molecule has 35 heavy (non-hydrogen) atoms. The minimum Gasteiger partial charge on any atom is -0.279 e. The summed E-state index contributed by atoms with van der Waals surface area (Å²) in [5.41, 5.74) is -0.136. The Hall–Kier alpha value is -2.38. The van der Waals surface area contributed by atoms with Crippen molar-refractivity contribution in [3.8, 4) is 0 Å². The first-order valence-corrected chi connectivity index (χ1v) is 14.3. The number of thiazole rings is 1. The molecule has 0 saturated heterocycles. The summed E-state index contributed by atoms with van der Waals surface area (Å²) < 4.78 is 31.4. The second kappa shape index (κ2) is 8.63. The predicted molar refractivity (Wildman–Crippen MR) is 137 cm³/mol. The highest BCUT2D eigenvalue weighted by atomic mass is 35.5. The molecule has 9 nitrogen and oxygen atoms in total. The van der Waals surface area contributed by atoms with Crippen molar-refractivity contribution in [3.05, 3.63) is 71.5 Å². The zero-order valence-electron chi connectivity index (χ0n) is 19.2. The molecule has 5 rings (SSSR count). The third-order valence-electron chi connectivity index (χ3n) is 5.95. The van der Waals surface area contributed by atoms with Crippen LogP contribution in [0.5, 0.6) is 0 Å². The molecule has 1 saturated carbocycles. The first-order valence-electron chi connectivity index (χ1n) is 10.8. The van der Waals surface area contributed by atoms with Gasteiger partial charge in [-0.05, 0) is 51.3 Å². The third kappa shape index (κ3) is 4.73. The van der Waals surface area contributed by atoms with Gasteiger partial charge in [0.25, 0.3) is 15.6 Å². The van der Waals surface area contributed by atoms with Crippen LogP contribution in [0, 0.1) is 13.8 Å². The average Bonchev–Trinajstić information content (AvgIpc) is 3.17. The van der Waals surface area contributed by atoms with Crippen LogP contribution in [0.4, 0.5) is 0 Å². The molecular formula is C22H22ClN5O4S3. The summed E-state index contributed by atoms with van der Waals surface area (Å²) in [5, 5.41) is 1.34. The van der Waals surface area contributed by atoms with Crippen molar-refractivity contribution in [1.29, 1.82) is 0 Å². The Morgan fingerprint density at radius 2 is 1.89 bits per heavy atom. The number of fused-ring (bicyclic) bond motifs is 1. The number of hydrogen-bond donors (Lipinski definition) is 1. The van der Waals surface area contributed by atoms with Gasteiger partial charge in [0.15, 0.2) is 0 Å². The van der Waals surface area contributed by atoms with Crippen molar-refractivity contribution in [1.82, 2.24) is 23.8 Å². The van der Waals surface area contributed by atoms with E-state index in [1.165, 1.54) is 28.2 Å². The molecule has 4 heterocycles. The molecule has 0 atom stereocenters. The molecule has 0 bridgehead atoms. The van der Waals surface area contributed by atoms with E-state index in [1.54, 1.807) is 12.1 Å². The van der Waals surface area contributed by atoms with Crippen LogP contribution in [0.3, 0.4) is 0 Å². The maximum Gasteiger partial charge on any atom is 0.332 e. The van der Waals surface area contributed by atoms with Crippen LogP contribution in [0.2, 0.25) is 5.15 Å². The summed E-state index contributed by atoms with van der Waals surface area (Å²) in [4.78, 5) is 36.7. The van der Waals surface area contributed by atoms with Gasteiger partial charge in [0.1, 0.15) is 14.2 Å². The number of halogens is 1.